The highest BCUT2D eigenvalue weighted by atomic mass is 35.5. The predicted octanol–water partition coefficient (Wildman–Crippen LogP) is 3.74. The van der Waals surface area contributed by atoms with Crippen LogP contribution in [0.15, 0.2) is 24.3 Å². The summed E-state index contributed by atoms with van der Waals surface area (Å²) in [5, 5.41) is 9.17. The normalized spacial score (nSPS) is 12.0. The standard InChI is InChI=1S/C13H15ClO2/c1-13(2,3)10-6-4-9(8-11(10)14)5-7-12(15)16/h4-8H,1-3H3,(H,15,16)/b7-5+. The molecule has 0 bridgehead atoms. The summed E-state index contributed by atoms with van der Waals surface area (Å²) < 4.78 is 0. The molecule has 0 aliphatic heterocycles. The lowest BCUT2D eigenvalue weighted by Gasteiger charge is -2.20. The Morgan fingerprint density at radius 1 is 1.38 bits per heavy atom. The zero-order valence-electron chi connectivity index (χ0n) is 9.62. The summed E-state index contributed by atoms with van der Waals surface area (Å²) in [7, 11) is 0. The van der Waals surface area contributed by atoms with Gasteiger partial charge < -0.3 is 5.11 Å². The van der Waals surface area contributed by atoms with Crippen LogP contribution in [0.2, 0.25) is 5.02 Å². The average Bonchev–Trinajstić information content (AvgIpc) is 2.12. The van der Waals surface area contributed by atoms with Crippen LogP contribution in [0.1, 0.15) is 31.9 Å². The van der Waals surface area contributed by atoms with Gasteiger partial charge in [-0.1, -0.05) is 44.5 Å². The summed E-state index contributed by atoms with van der Waals surface area (Å²) in [6.07, 6.45) is 2.63. The van der Waals surface area contributed by atoms with Crippen LogP contribution in [0.3, 0.4) is 0 Å². The van der Waals surface area contributed by atoms with E-state index in [1.165, 1.54) is 6.08 Å². The van der Waals surface area contributed by atoms with Crippen LogP contribution < -0.4 is 0 Å². The first-order chi connectivity index (χ1) is 7.30. The van der Waals surface area contributed by atoms with Crippen molar-refractivity contribution in [1.29, 1.82) is 0 Å². The molecule has 86 valence electrons. The lowest BCUT2D eigenvalue weighted by atomic mass is 9.86. The van der Waals surface area contributed by atoms with E-state index in [4.69, 9.17) is 16.7 Å². The molecule has 1 N–H and O–H groups in total. The maximum absolute atomic E-state index is 10.4. The number of carbonyl (C=O) groups is 1. The van der Waals surface area contributed by atoms with Crippen LogP contribution in [-0.4, -0.2) is 11.1 Å². The van der Waals surface area contributed by atoms with Crippen molar-refractivity contribution in [2.45, 2.75) is 26.2 Å². The molecule has 16 heavy (non-hydrogen) atoms. The Hall–Kier alpha value is -1.28. The number of halogens is 1. The zero-order valence-corrected chi connectivity index (χ0v) is 10.4. The van der Waals surface area contributed by atoms with E-state index in [0.29, 0.717) is 5.02 Å². The first-order valence-corrected chi connectivity index (χ1v) is 5.39. The van der Waals surface area contributed by atoms with Crippen molar-refractivity contribution in [1.82, 2.24) is 0 Å². The van der Waals surface area contributed by atoms with Gasteiger partial charge in [-0.25, -0.2) is 4.79 Å². The second-order valence-electron chi connectivity index (χ2n) is 4.66. The summed E-state index contributed by atoms with van der Waals surface area (Å²) in [5.74, 6) is -0.962. The number of benzene rings is 1. The zero-order chi connectivity index (χ0) is 12.3. The Morgan fingerprint density at radius 2 is 2.00 bits per heavy atom. The van der Waals surface area contributed by atoms with Crippen molar-refractivity contribution in [2.24, 2.45) is 0 Å². The van der Waals surface area contributed by atoms with Crippen LogP contribution in [0.5, 0.6) is 0 Å². The number of hydrogen-bond acceptors (Lipinski definition) is 1. The molecule has 0 fully saturated rings. The molecule has 3 heteroatoms. The SMILES string of the molecule is CC(C)(C)c1ccc(/C=C/C(=O)O)cc1Cl. The van der Waals surface area contributed by atoms with E-state index in [-0.39, 0.29) is 5.41 Å². The smallest absolute Gasteiger partial charge is 0.328 e. The highest BCUT2D eigenvalue weighted by Gasteiger charge is 2.16. The number of rotatable bonds is 2. The predicted molar refractivity (Wildman–Crippen MR) is 66.8 cm³/mol. The molecule has 0 spiro atoms. The molecule has 0 radical (unpaired) electrons. The maximum atomic E-state index is 10.4. The van der Waals surface area contributed by atoms with Gasteiger partial charge in [0.15, 0.2) is 0 Å². The molecule has 0 saturated heterocycles. The minimum Gasteiger partial charge on any atom is -0.478 e. The van der Waals surface area contributed by atoms with E-state index in [0.717, 1.165) is 17.2 Å². The van der Waals surface area contributed by atoms with E-state index in [1.807, 2.05) is 12.1 Å². The van der Waals surface area contributed by atoms with Crippen molar-refractivity contribution in [2.75, 3.05) is 0 Å². The van der Waals surface area contributed by atoms with Gasteiger partial charge in [0.05, 0.1) is 0 Å². The van der Waals surface area contributed by atoms with Crippen molar-refractivity contribution >= 4 is 23.6 Å². The lowest BCUT2D eigenvalue weighted by Crippen LogP contribution is -2.11. The lowest BCUT2D eigenvalue weighted by molar-refractivity contribution is -0.131. The molecule has 0 aliphatic rings. The van der Waals surface area contributed by atoms with Gasteiger partial charge in [0.25, 0.3) is 0 Å². The molecule has 1 rings (SSSR count). The molecule has 0 saturated carbocycles. The fourth-order valence-electron chi connectivity index (χ4n) is 1.41. The van der Waals surface area contributed by atoms with Gasteiger partial charge in [0.2, 0.25) is 0 Å². The number of carboxylic acids is 1. The first-order valence-electron chi connectivity index (χ1n) is 5.02. The summed E-state index contributed by atoms with van der Waals surface area (Å²) in [5.41, 5.74) is 1.84. The first kappa shape index (κ1) is 12.8. The van der Waals surface area contributed by atoms with Gasteiger partial charge in [-0.3, -0.25) is 0 Å². The van der Waals surface area contributed by atoms with E-state index in [2.05, 4.69) is 20.8 Å². The Kier molecular flexibility index (Phi) is 3.76. The van der Waals surface area contributed by atoms with E-state index < -0.39 is 5.97 Å². The minimum absolute atomic E-state index is 0.00781. The van der Waals surface area contributed by atoms with Gasteiger partial charge in [-0.15, -0.1) is 0 Å². The van der Waals surface area contributed by atoms with Gasteiger partial charge in [0.1, 0.15) is 0 Å². The molecule has 0 unspecified atom stereocenters. The number of hydrogen-bond donors (Lipinski definition) is 1. The topological polar surface area (TPSA) is 37.3 Å². The van der Waals surface area contributed by atoms with Crippen LogP contribution in [0.4, 0.5) is 0 Å². The quantitative estimate of drug-likeness (QED) is 0.797. The van der Waals surface area contributed by atoms with Gasteiger partial charge in [0, 0.05) is 11.1 Å². The van der Waals surface area contributed by atoms with Crippen molar-refractivity contribution in [3.8, 4) is 0 Å². The Morgan fingerprint density at radius 3 is 2.44 bits per heavy atom. The van der Waals surface area contributed by atoms with Crippen LogP contribution >= 0.6 is 11.6 Å². The number of carboxylic acid groups (broad SMARTS) is 1. The van der Waals surface area contributed by atoms with Gasteiger partial charge in [-0.05, 0) is 28.7 Å². The Balaban J connectivity index is 3.05. The molecule has 2 nitrogen and oxygen atoms in total. The molecule has 0 aromatic heterocycles. The van der Waals surface area contributed by atoms with Crippen LogP contribution in [-0.2, 0) is 10.2 Å². The van der Waals surface area contributed by atoms with Crippen LogP contribution in [0, 0.1) is 0 Å². The molecule has 0 heterocycles. The van der Waals surface area contributed by atoms with E-state index in [1.54, 1.807) is 6.07 Å². The number of aliphatic carboxylic acids is 1. The summed E-state index contributed by atoms with van der Waals surface area (Å²) >= 11 is 6.15. The second kappa shape index (κ2) is 4.71. The highest BCUT2D eigenvalue weighted by molar-refractivity contribution is 6.31. The summed E-state index contributed by atoms with van der Waals surface area (Å²) in [6, 6.07) is 5.58. The van der Waals surface area contributed by atoms with Crippen molar-refractivity contribution in [3.05, 3.63) is 40.4 Å². The Labute approximate surface area is 101 Å². The summed E-state index contributed by atoms with van der Waals surface area (Å²) in [6.45, 7) is 6.25. The fourth-order valence-corrected chi connectivity index (χ4v) is 1.88. The molecule has 1 aromatic carbocycles. The average molecular weight is 239 g/mol. The molecule has 0 aliphatic carbocycles. The minimum atomic E-state index is -0.962. The molecule has 0 atom stereocenters. The largest absolute Gasteiger partial charge is 0.478 e. The monoisotopic (exact) mass is 238 g/mol. The third-order valence-corrected chi connectivity index (χ3v) is 2.53. The van der Waals surface area contributed by atoms with Crippen molar-refractivity contribution < 1.29 is 9.90 Å². The molecule has 0 amide bonds. The third kappa shape index (κ3) is 3.38. The maximum Gasteiger partial charge on any atom is 0.328 e. The molecular formula is C13H15ClO2. The van der Waals surface area contributed by atoms with Gasteiger partial charge in [-0.2, -0.15) is 0 Å². The Bertz CT molecular complexity index is 428. The highest BCUT2D eigenvalue weighted by Crippen LogP contribution is 2.30. The van der Waals surface area contributed by atoms with Crippen molar-refractivity contribution in [3.63, 3.8) is 0 Å². The molecule has 1 aromatic rings. The fraction of sp³-hybridized carbons (Fsp3) is 0.308. The molecular weight excluding hydrogens is 224 g/mol. The summed E-state index contributed by atoms with van der Waals surface area (Å²) in [4.78, 5) is 10.4. The second-order valence-corrected chi connectivity index (χ2v) is 5.07. The third-order valence-electron chi connectivity index (χ3n) is 2.22. The van der Waals surface area contributed by atoms with Gasteiger partial charge >= 0.3 is 5.97 Å². The van der Waals surface area contributed by atoms with E-state index >= 15 is 0 Å². The van der Waals surface area contributed by atoms with Crippen LogP contribution in [0.25, 0.3) is 6.08 Å². The van der Waals surface area contributed by atoms with E-state index in [9.17, 15) is 4.79 Å².